The second-order valence-electron chi connectivity index (χ2n) is 2.73. The molecular formula is C7H13NO2. The molecule has 1 saturated heterocycles. The van der Waals surface area contributed by atoms with Crippen LogP contribution < -0.4 is 0 Å². The van der Waals surface area contributed by atoms with Crippen molar-refractivity contribution in [1.29, 1.82) is 0 Å². The van der Waals surface area contributed by atoms with Gasteiger partial charge in [-0.1, -0.05) is 0 Å². The van der Waals surface area contributed by atoms with E-state index >= 15 is 0 Å². The molecule has 3 nitrogen and oxygen atoms in total. The molecule has 1 aliphatic rings. The number of hydrogen-bond acceptors (Lipinski definition) is 3. The van der Waals surface area contributed by atoms with Gasteiger partial charge >= 0.3 is 0 Å². The van der Waals surface area contributed by atoms with Crippen LogP contribution in [0.4, 0.5) is 0 Å². The van der Waals surface area contributed by atoms with Gasteiger partial charge < -0.3 is 9.64 Å². The van der Waals surface area contributed by atoms with Crippen molar-refractivity contribution in [3.05, 3.63) is 0 Å². The van der Waals surface area contributed by atoms with Crippen molar-refractivity contribution >= 4 is 5.78 Å². The third-order valence-electron chi connectivity index (χ3n) is 1.72. The van der Waals surface area contributed by atoms with Crippen molar-refractivity contribution in [2.24, 2.45) is 0 Å². The Morgan fingerprint density at radius 3 is 2.80 bits per heavy atom. The van der Waals surface area contributed by atoms with Gasteiger partial charge in [0.1, 0.15) is 6.10 Å². The summed E-state index contributed by atoms with van der Waals surface area (Å²) in [6.45, 7) is 3.93. The van der Waals surface area contributed by atoms with E-state index in [9.17, 15) is 4.79 Å². The zero-order valence-electron chi connectivity index (χ0n) is 6.46. The number of morpholine rings is 1. The predicted octanol–water partition coefficient (Wildman–Crippen LogP) is -0.0940. The lowest BCUT2D eigenvalue weighted by atomic mass is 10.2. The molecular weight excluding hydrogens is 130 g/mol. The molecule has 10 heavy (non-hydrogen) atoms. The van der Waals surface area contributed by atoms with E-state index in [0.29, 0.717) is 6.61 Å². The second-order valence-corrected chi connectivity index (χ2v) is 2.73. The molecule has 1 fully saturated rings. The fourth-order valence-electron chi connectivity index (χ4n) is 1.02. The number of carbonyl (C=O) groups excluding carboxylic acids is 1. The minimum absolute atomic E-state index is 0.131. The van der Waals surface area contributed by atoms with Gasteiger partial charge in [-0.25, -0.2) is 0 Å². The lowest BCUT2D eigenvalue weighted by Crippen LogP contribution is -2.43. The Bertz CT molecular complexity index is 136. The van der Waals surface area contributed by atoms with Gasteiger partial charge in [0.15, 0.2) is 5.78 Å². The van der Waals surface area contributed by atoms with Gasteiger partial charge in [0, 0.05) is 13.1 Å². The molecule has 0 amide bonds. The number of hydrogen-bond donors (Lipinski definition) is 0. The number of likely N-dealkylation sites (N-methyl/N-ethyl adjacent to an activating group) is 1. The Hall–Kier alpha value is -0.410. The van der Waals surface area contributed by atoms with E-state index < -0.39 is 0 Å². The Labute approximate surface area is 61.0 Å². The maximum atomic E-state index is 10.8. The Balaban J connectivity index is 2.39. The average molecular weight is 143 g/mol. The lowest BCUT2D eigenvalue weighted by Gasteiger charge is -2.28. The fraction of sp³-hybridized carbons (Fsp3) is 0.857. The highest BCUT2D eigenvalue weighted by Crippen LogP contribution is 2.02. The molecule has 0 spiro atoms. The molecule has 0 bridgehead atoms. The van der Waals surface area contributed by atoms with Crippen LogP contribution in [-0.2, 0) is 9.53 Å². The van der Waals surface area contributed by atoms with Gasteiger partial charge in [0.05, 0.1) is 6.61 Å². The lowest BCUT2D eigenvalue weighted by molar-refractivity contribution is -0.133. The molecule has 0 saturated carbocycles. The van der Waals surface area contributed by atoms with Crippen LogP contribution in [-0.4, -0.2) is 43.5 Å². The predicted molar refractivity (Wildman–Crippen MR) is 37.9 cm³/mol. The summed E-state index contributed by atoms with van der Waals surface area (Å²) in [7, 11) is 2.00. The van der Waals surface area contributed by atoms with Gasteiger partial charge in [-0.2, -0.15) is 0 Å². The molecule has 0 aromatic carbocycles. The topological polar surface area (TPSA) is 29.5 Å². The minimum Gasteiger partial charge on any atom is -0.368 e. The van der Waals surface area contributed by atoms with E-state index in [1.807, 2.05) is 7.05 Å². The third kappa shape index (κ3) is 1.78. The Morgan fingerprint density at radius 2 is 2.40 bits per heavy atom. The summed E-state index contributed by atoms with van der Waals surface area (Å²) in [5.41, 5.74) is 0. The van der Waals surface area contributed by atoms with Gasteiger partial charge in [0.25, 0.3) is 0 Å². The van der Waals surface area contributed by atoms with Crippen LogP contribution in [0.25, 0.3) is 0 Å². The van der Waals surface area contributed by atoms with E-state index in [2.05, 4.69) is 4.90 Å². The maximum Gasteiger partial charge on any atom is 0.159 e. The standard InChI is InChI=1S/C7H13NO2/c1-6(9)7-5-8(2)3-4-10-7/h7H,3-5H2,1-2H3/t7-/m1/s1. The Morgan fingerprint density at radius 1 is 1.70 bits per heavy atom. The van der Waals surface area contributed by atoms with Crippen LogP contribution in [0.1, 0.15) is 6.92 Å². The summed E-state index contributed by atoms with van der Waals surface area (Å²) in [4.78, 5) is 12.9. The van der Waals surface area contributed by atoms with Crippen molar-refractivity contribution < 1.29 is 9.53 Å². The molecule has 0 aromatic heterocycles. The van der Waals surface area contributed by atoms with Crippen molar-refractivity contribution in [2.75, 3.05) is 26.7 Å². The monoisotopic (exact) mass is 143 g/mol. The molecule has 0 unspecified atom stereocenters. The molecule has 1 atom stereocenters. The highest BCUT2D eigenvalue weighted by molar-refractivity contribution is 5.80. The highest BCUT2D eigenvalue weighted by atomic mass is 16.5. The highest BCUT2D eigenvalue weighted by Gasteiger charge is 2.20. The molecule has 3 heteroatoms. The van der Waals surface area contributed by atoms with Crippen LogP contribution in [0.3, 0.4) is 0 Å². The first-order valence-corrected chi connectivity index (χ1v) is 3.51. The first kappa shape index (κ1) is 7.69. The van der Waals surface area contributed by atoms with Crippen LogP contribution in [0.2, 0.25) is 0 Å². The minimum atomic E-state index is -0.182. The summed E-state index contributed by atoms with van der Waals surface area (Å²) < 4.78 is 5.22. The van der Waals surface area contributed by atoms with Crippen molar-refractivity contribution in [3.8, 4) is 0 Å². The van der Waals surface area contributed by atoms with Gasteiger partial charge in [-0.15, -0.1) is 0 Å². The zero-order valence-corrected chi connectivity index (χ0v) is 6.46. The molecule has 0 radical (unpaired) electrons. The van der Waals surface area contributed by atoms with E-state index in [1.165, 1.54) is 0 Å². The Kier molecular flexibility index (Phi) is 2.40. The van der Waals surface area contributed by atoms with Gasteiger partial charge in [-0.05, 0) is 14.0 Å². The number of Topliss-reactive ketones (excluding diaryl/α,β-unsaturated/α-hetero) is 1. The number of carbonyl (C=O) groups is 1. The van der Waals surface area contributed by atoms with Gasteiger partial charge in [0.2, 0.25) is 0 Å². The SMILES string of the molecule is CC(=O)[C@H]1CN(C)CCO1. The molecule has 0 aliphatic carbocycles. The third-order valence-corrected chi connectivity index (χ3v) is 1.72. The van der Waals surface area contributed by atoms with E-state index in [1.54, 1.807) is 6.92 Å². The summed E-state index contributed by atoms with van der Waals surface area (Å²) in [5, 5.41) is 0. The fourth-order valence-corrected chi connectivity index (χ4v) is 1.02. The summed E-state index contributed by atoms with van der Waals surface area (Å²) in [6.07, 6.45) is -0.182. The normalized spacial score (nSPS) is 28.4. The van der Waals surface area contributed by atoms with Crippen LogP contribution >= 0.6 is 0 Å². The molecule has 1 aliphatic heterocycles. The second kappa shape index (κ2) is 3.12. The number of ketones is 1. The number of rotatable bonds is 1. The number of ether oxygens (including phenoxy) is 1. The molecule has 1 rings (SSSR count). The van der Waals surface area contributed by atoms with Crippen molar-refractivity contribution in [2.45, 2.75) is 13.0 Å². The molecule has 0 N–H and O–H groups in total. The first-order valence-electron chi connectivity index (χ1n) is 3.51. The van der Waals surface area contributed by atoms with E-state index in [0.717, 1.165) is 13.1 Å². The maximum absolute atomic E-state index is 10.8. The average Bonchev–Trinajstić information content (AvgIpc) is 1.88. The largest absolute Gasteiger partial charge is 0.368 e. The number of nitrogens with zero attached hydrogens (tertiary/aromatic N) is 1. The summed E-state index contributed by atoms with van der Waals surface area (Å²) >= 11 is 0. The molecule has 58 valence electrons. The van der Waals surface area contributed by atoms with Crippen LogP contribution in [0.5, 0.6) is 0 Å². The van der Waals surface area contributed by atoms with Crippen LogP contribution in [0.15, 0.2) is 0 Å². The van der Waals surface area contributed by atoms with Gasteiger partial charge in [-0.3, -0.25) is 4.79 Å². The van der Waals surface area contributed by atoms with Crippen LogP contribution in [0, 0.1) is 0 Å². The molecule has 0 aromatic rings. The molecule has 1 heterocycles. The van der Waals surface area contributed by atoms with E-state index in [4.69, 9.17) is 4.74 Å². The summed E-state index contributed by atoms with van der Waals surface area (Å²) in [6, 6.07) is 0. The smallest absolute Gasteiger partial charge is 0.159 e. The van der Waals surface area contributed by atoms with E-state index in [-0.39, 0.29) is 11.9 Å². The van der Waals surface area contributed by atoms with Crippen molar-refractivity contribution in [3.63, 3.8) is 0 Å². The van der Waals surface area contributed by atoms with Crippen molar-refractivity contribution in [1.82, 2.24) is 4.90 Å². The summed E-state index contributed by atoms with van der Waals surface area (Å²) in [5.74, 6) is 0.131. The quantitative estimate of drug-likeness (QED) is 0.513. The zero-order chi connectivity index (χ0) is 7.56. The first-order chi connectivity index (χ1) is 4.70.